The second-order valence-corrected chi connectivity index (χ2v) is 10.6. The molecule has 3 aliphatic rings. The second kappa shape index (κ2) is 10.1. The van der Waals surface area contributed by atoms with Gasteiger partial charge in [0.2, 0.25) is 21.8 Å². The Morgan fingerprint density at radius 1 is 1.30 bits per heavy atom. The third-order valence-electron chi connectivity index (χ3n) is 6.15. The number of likely N-dealkylation sites (tertiary alicyclic amines) is 1. The van der Waals surface area contributed by atoms with Crippen molar-refractivity contribution in [3.05, 3.63) is 28.8 Å². The smallest absolute Gasteiger partial charge is 0.247 e. The summed E-state index contributed by atoms with van der Waals surface area (Å²) < 4.78 is 44.3. The zero-order chi connectivity index (χ0) is 23.6. The van der Waals surface area contributed by atoms with Crippen molar-refractivity contribution in [2.45, 2.75) is 24.4 Å². The number of nitrogens with one attached hydrogen (secondary N) is 1. The van der Waals surface area contributed by atoms with Crippen molar-refractivity contribution >= 4 is 33.4 Å². The molecule has 4 rings (SSSR count). The predicted molar refractivity (Wildman–Crippen MR) is 120 cm³/mol. The number of rotatable bonds is 8. The number of halogens is 1. The molecule has 2 saturated heterocycles. The number of amides is 2. The van der Waals surface area contributed by atoms with Gasteiger partial charge in [0.05, 0.1) is 32.2 Å². The standard InChI is InChI=1S/C21H28ClN3O7S/c1-30-12-18(21(27)24-6-8-31-9-7-24)25-5-4-17(20(25)26)23-33(28,29)13-14-11-32-19-10-15(22)2-3-16(14)19/h2-3,10,14,17-18,23H,4-9,11-13H2,1H3/t14?,17-,18-/m0/s1. The van der Waals surface area contributed by atoms with Crippen molar-refractivity contribution in [1.29, 1.82) is 0 Å². The minimum Gasteiger partial charge on any atom is -0.493 e. The first-order chi connectivity index (χ1) is 15.8. The Bertz CT molecular complexity index is 1000. The van der Waals surface area contributed by atoms with Gasteiger partial charge >= 0.3 is 0 Å². The molecular weight excluding hydrogens is 474 g/mol. The maximum atomic E-state index is 13.1. The van der Waals surface area contributed by atoms with Crippen LogP contribution >= 0.6 is 11.6 Å². The van der Waals surface area contributed by atoms with Crippen molar-refractivity contribution in [3.63, 3.8) is 0 Å². The Morgan fingerprint density at radius 3 is 2.79 bits per heavy atom. The molecule has 0 bridgehead atoms. The largest absolute Gasteiger partial charge is 0.493 e. The van der Waals surface area contributed by atoms with E-state index in [-0.39, 0.29) is 43.8 Å². The van der Waals surface area contributed by atoms with Crippen LogP contribution < -0.4 is 9.46 Å². The minimum absolute atomic E-state index is 0.0418. The van der Waals surface area contributed by atoms with E-state index in [2.05, 4.69) is 4.72 Å². The number of fused-ring (bicyclic) bond motifs is 1. The second-order valence-electron chi connectivity index (χ2n) is 8.37. The summed E-state index contributed by atoms with van der Waals surface area (Å²) in [5.41, 5.74) is 0.778. The zero-order valence-corrected chi connectivity index (χ0v) is 19.9. The molecule has 10 nitrogen and oxygen atoms in total. The van der Waals surface area contributed by atoms with Crippen LogP contribution in [0.2, 0.25) is 5.02 Å². The molecule has 3 atom stereocenters. The third-order valence-corrected chi connectivity index (χ3v) is 7.87. The average molecular weight is 502 g/mol. The number of morpholine rings is 1. The van der Waals surface area contributed by atoms with E-state index in [0.29, 0.717) is 37.1 Å². The number of ether oxygens (including phenoxy) is 3. The summed E-state index contributed by atoms with van der Waals surface area (Å²) in [6.07, 6.45) is 0.280. The SMILES string of the molecule is COC[C@@H](C(=O)N1CCOCC1)N1CC[C@H](NS(=O)(=O)CC2COc3cc(Cl)ccc32)C1=O. The summed E-state index contributed by atoms with van der Waals surface area (Å²) in [5.74, 6) is -0.617. The quantitative estimate of drug-likeness (QED) is 0.541. The average Bonchev–Trinajstić information content (AvgIpc) is 3.34. The van der Waals surface area contributed by atoms with Gasteiger partial charge in [0.25, 0.3) is 0 Å². The lowest BCUT2D eigenvalue weighted by Gasteiger charge is -2.34. The van der Waals surface area contributed by atoms with E-state index in [4.69, 9.17) is 25.8 Å². The number of methoxy groups -OCH3 is 1. The molecule has 0 aromatic heterocycles. The van der Waals surface area contributed by atoms with E-state index in [0.717, 1.165) is 5.56 Å². The van der Waals surface area contributed by atoms with Crippen molar-refractivity contribution in [1.82, 2.24) is 14.5 Å². The van der Waals surface area contributed by atoms with Gasteiger partial charge in [-0.3, -0.25) is 9.59 Å². The Labute approximate surface area is 198 Å². The molecule has 33 heavy (non-hydrogen) atoms. The molecule has 1 N–H and O–H groups in total. The van der Waals surface area contributed by atoms with Crippen molar-refractivity contribution < 1.29 is 32.2 Å². The number of benzene rings is 1. The molecule has 1 unspecified atom stereocenters. The van der Waals surface area contributed by atoms with Gasteiger partial charge in [-0.25, -0.2) is 13.1 Å². The van der Waals surface area contributed by atoms with Crippen LogP contribution in [-0.2, 0) is 29.1 Å². The van der Waals surface area contributed by atoms with E-state index in [9.17, 15) is 18.0 Å². The Balaban J connectivity index is 1.40. The molecule has 0 aliphatic carbocycles. The highest BCUT2D eigenvalue weighted by molar-refractivity contribution is 7.89. The van der Waals surface area contributed by atoms with Crippen LogP contribution in [0.25, 0.3) is 0 Å². The van der Waals surface area contributed by atoms with Gasteiger partial charge in [-0.1, -0.05) is 17.7 Å². The molecule has 1 aromatic rings. The highest BCUT2D eigenvalue weighted by atomic mass is 35.5. The van der Waals surface area contributed by atoms with Crippen LogP contribution in [0.5, 0.6) is 5.75 Å². The number of sulfonamides is 1. The van der Waals surface area contributed by atoms with Gasteiger partial charge in [0, 0.05) is 43.2 Å². The van der Waals surface area contributed by atoms with Crippen LogP contribution in [0, 0.1) is 0 Å². The molecule has 182 valence electrons. The molecule has 0 radical (unpaired) electrons. The van der Waals surface area contributed by atoms with E-state index in [1.165, 1.54) is 12.0 Å². The van der Waals surface area contributed by atoms with Crippen LogP contribution in [0.4, 0.5) is 0 Å². The molecule has 0 spiro atoms. The summed E-state index contributed by atoms with van der Waals surface area (Å²) in [4.78, 5) is 29.2. The fourth-order valence-electron chi connectivity index (χ4n) is 4.49. The molecular formula is C21H28ClN3O7S. The van der Waals surface area contributed by atoms with E-state index in [1.807, 2.05) is 0 Å². The lowest BCUT2D eigenvalue weighted by Crippen LogP contribution is -2.55. The Hall–Kier alpha value is -1.92. The van der Waals surface area contributed by atoms with Gasteiger partial charge in [-0.05, 0) is 18.6 Å². The highest BCUT2D eigenvalue weighted by Crippen LogP contribution is 2.36. The summed E-state index contributed by atoms with van der Waals surface area (Å²) in [5, 5.41) is 0.518. The van der Waals surface area contributed by atoms with E-state index >= 15 is 0 Å². The van der Waals surface area contributed by atoms with Crippen LogP contribution in [0.3, 0.4) is 0 Å². The maximum Gasteiger partial charge on any atom is 0.247 e. The van der Waals surface area contributed by atoms with Crippen LogP contribution in [0.1, 0.15) is 17.9 Å². The summed E-state index contributed by atoms with van der Waals surface area (Å²) in [6.45, 7) is 2.33. The van der Waals surface area contributed by atoms with Gasteiger partial charge in [-0.15, -0.1) is 0 Å². The monoisotopic (exact) mass is 501 g/mol. The third kappa shape index (κ3) is 5.43. The first kappa shape index (κ1) is 24.2. The lowest BCUT2D eigenvalue weighted by atomic mass is 10.0. The van der Waals surface area contributed by atoms with Gasteiger partial charge in [0.1, 0.15) is 17.8 Å². The molecule has 1 aromatic carbocycles. The topological polar surface area (TPSA) is 114 Å². The minimum atomic E-state index is -3.79. The zero-order valence-electron chi connectivity index (χ0n) is 18.4. The Morgan fingerprint density at radius 2 is 2.06 bits per heavy atom. The van der Waals surface area contributed by atoms with Crippen molar-refractivity contribution in [3.8, 4) is 5.75 Å². The predicted octanol–water partition coefficient (Wildman–Crippen LogP) is 0.210. The van der Waals surface area contributed by atoms with Crippen LogP contribution in [0.15, 0.2) is 18.2 Å². The number of nitrogens with zero attached hydrogens (tertiary/aromatic N) is 2. The van der Waals surface area contributed by atoms with Gasteiger partial charge in [-0.2, -0.15) is 0 Å². The van der Waals surface area contributed by atoms with Crippen molar-refractivity contribution in [2.24, 2.45) is 0 Å². The van der Waals surface area contributed by atoms with Crippen molar-refractivity contribution in [2.75, 3.05) is 58.9 Å². The molecule has 12 heteroatoms. The summed E-state index contributed by atoms with van der Waals surface area (Å²) in [6, 6.07) is 3.41. The normalized spacial score (nSPS) is 24.0. The first-order valence-corrected chi connectivity index (χ1v) is 12.9. The number of carbonyl (C=O) groups excluding carboxylic acids is 2. The van der Waals surface area contributed by atoms with Gasteiger partial charge in [0.15, 0.2) is 0 Å². The Kier molecular flexibility index (Phi) is 7.44. The molecule has 0 saturated carbocycles. The highest BCUT2D eigenvalue weighted by Gasteiger charge is 2.42. The fourth-order valence-corrected chi connectivity index (χ4v) is 6.20. The summed E-state index contributed by atoms with van der Waals surface area (Å²) in [7, 11) is -2.32. The number of hydrogen-bond donors (Lipinski definition) is 1. The maximum absolute atomic E-state index is 13.1. The summed E-state index contributed by atoms with van der Waals surface area (Å²) >= 11 is 5.97. The molecule has 2 amide bonds. The number of hydrogen-bond acceptors (Lipinski definition) is 7. The molecule has 3 heterocycles. The van der Waals surface area contributed by atoms with E-state index < -0.39 is 28.0 Å². The van der Waals surface area contributed by atoms with Gasteiger partial charge < -0.3 is 24.0 Å². The van der Waals surface area contributed by atoms with E-state index in [1.54, 1.807) is 23.1 Å². The fraction of sp³-hybridized carbons (Fsp3) is 0.619. The number of carbonyl (C=O) groups is 2. The first-order valence-electron chi connectivity index (χ1n) is 10.9. The molecule has 3 aliphatic heterocycles. The molecule has 2 fully saturated rings. The lowest BCUT2D eigenvalue weighted by molar-refractivity contribution is -0.148. The van der Waals surface area contributed by atoms with Crippen LogP contribution in [-0.4, -0.2) is 101 Å².